The van der Waals surface area contributed by atoms with Gasteiger partial charge in [-0.05, 0) is 13.3 Å². The minimum atomic E-state index is -0.374. The maximum atomic E-state index is 12.3. The molecular formula is C21H28N2O3. The predicted molar refractivity (Wildman–Crippen MR) is 103 cm³/mol. The molecule has 0 saturated heterocycles. The van der Waals surface area contributed by atoms with Gasteiger partial charge in [0.15, 0.2) is 0 Å². The van der Waals surface area contributed by atoms with E-state index >= 15 is 0 Å². The Labute approximate surface area is 154 Å². The van der Waals surface area contributed by atoms with Crippen molar-refractivity contribution in [1.29, 1.82) is 0 Å². The first-order valence-corrected chi connectivity index (χ1v) is 9.42. The third kappa shape index (κ3) is 6.14. The number of H-pyrrole nitrogens is 1. The second-order valence-corrected chi connectivity index (χ2v) is 6.51. The van der Waals surface area contributed by atoms with Crippen LogP contribution in [0.3, 0.4) is 0 Å². The van der Waals surface area contributed by atoms with Crippen LogP contribution in [0.15, 0.2) is 35.1 Å². The Morgan fingerprint density at radius 1 is 1.08 bits per heavy atom. The molecule has 5 heteroatoms. The lowest BCUT2D eigenvalue weighted by atomic mass is 10.1. The number of nitrogens with zero attached hydrogens (tertiary/aromatic N) is 1. The smallest absolute Gasteiger partial charge is 0.310 e. The number of rotatable bonds is 10. The fourth-order valence-corrected chi connectivity index (χ4v) is 2.82. The van der Waals surface area contributed by atoms with Crippen LogP contribution < -0.4 is 5.56 Å². The van der Waals surface area contributed by atoms with E-state index in [1.807, 2.05) is 30.3 Å². The number of nitrogens with one attached hydrogen (secondary N) is 1. The van der Waals surface area contributed by atoms with E-state index in [0.29, 0.717) is 23.7 Å². The van der Waals surface area contributed by atoms with Gasteiger partial charge in [0.1, 0.15) is 5.82 Å². The number of hydrogen-bond acceptors (Lipinski definition) is 4. The highest BCUT2D eigenvalue weighted by Crippen LogP contribution is 2.14. The van der Waals surface area contributed by atoms with Crippen LogP contribution in [0.1, 0.15) is 56.7 Å². The van der Waals surface area contributed by atoms with Crippen molar-refractivity contribution in [1.82, 2.24) is 9.97 Å². The molecule has 0 radical (unpaired) electrons. The van der Waals surface area contributed by atoms with Crippen LogP contribution in [0.5, 0.6) is 0 Å². The molecule has 2 aromatic rings. The largest absolute Gasteiger partial charge is 0.465 e. The van der Waals surface area contributed by atoms with Crippen molar-refractivity contribution in [3.63, 3.8) is 0 Å². The summed E-state index contributed by atoms with van der Waals surface area (Å²) in [5, 5.41) is 0. The first-order chi connectivity index (χ1) is 12.6. The van der Waals surface area contributed by atoms with Gasteiger partial charge in [0.05, 0.1) is 13.0 Å². The van der Waals surface area contributed by atoms with E-state index in [0.717, 1.165) is 18.4 Å². The lowest BCUT2D eigenvalue weighted by Gasteiger charge is -2.08. The van der Waals surface area contributed by atoms with Crippen molar-refractivity contribution in [2.75, 3.05) is 6.61 Å². The Kier molecular flexibility index (Phi) is 8.06. The monoisotopic (exact) mass is 356 g/mol. The van der Waals surface area contributed by atoms with Crippen molar-refractivity contribution in [2.24, 2.45) is 0 Å². The molecule has 0 saturated carbocycles. The second-order valence-electron chi connectivity index (χ2n) is 6.51. The van der Waals surface area contributed by atoms with E-state index in [1.165, 1.54) is 25.7 Å². The number of unbranched alkanes of at least 4 members (excludes halogenated alkanes) is 5. The van der Waals surface area contributed by atoms with Crippen molar-refractivity contribution in [3.05, 3.63) is 51.9 Å². The average molecular weight is 356 g/mol. The SMILES string of the molecule is CCCCCCCCOC(=O)Cc1c(C)nc(-c2ccccc2)[nH]c1=O. The summed E-state index contributed by atoms with van der Waals surface area (Å²) in [6, 6.07) is 9.44. The van der Waals surface area contributed by atoms with Crippen molar-refractivity contribution < 1.29 is 9.53 Å². The molecule has 26 heavy (non-hydrogen) atoms. The van der Waals surface area contributed by atoms with Gasteiger partial charge in [0.2, 0.25) is 0 Å². The molecule has 0 spiro atoms. The van der Waals surface area contributed by atoms with E-state index in [2.05, 4.69) is 16.9 Å². The molecule has 1 aromatic heterocycles. The summed E-state index contributed by atoms with van der Waals surface area (Å²) >= 11 is 0. The molecule has 0 fully saturated rings. The molecule has 0 aliphatic carbocycles. The fraction of sp³-hybridized carbons (Fsp3) is 0.476. The molecule has 5 nitrogen and oxygen atoms in total. The van der Waals surface area contributed by atoms with Crippen LogP contribution in [0.4, 0.5) is 0 Å². The Morgan fingerprint density at radius 3 is 2.46 bits per heavy atom. The summed E-state index contributed by atoms with van der Waals surface area (Å²) in [6.07, 6.45) is 6.79. The standard InChI is InChI=1S/C21H28N2O3/c1-3-4-5-6-7-11-14-26-19(24)15-18-16(2)22-20(23-21(18)25)17-12-9-8-10-13-17/h8-10,12-13H,3-7,11,14-15H2,1-2H3,(H,22,23,25). The molecule has 0 atom stereocenters. The number of carbonyl (C=O) groups is 1. The number of aromatic nitrogens is 2. The number of ether oxygens (including phenoxy) is 1. The van der Waals surface area contributed by atoms with Crippen molar-refractivity contribution in [3.8, 4) is 11.4 Å². The van der Waals surface area contributed by atoms with Gasteiger partial charge < -0.3 is 9.72 Å². The summed E-state index contributed by atoms with van der Waals surface area (Å²) in [4.78, 5) is 31.5. The predicted octanol–water partition coefficient (Wildman–Crippen LogP) is 4.19. The second kappa shape index (κ2) is 10.5. The highest BCUT2D eigenvalue weighted by molar-refractivity contribution is 5.72. The van der Waals surface area contributed by atoms with E-state index in [1.54, 1.807) is 6.92 Å². The van der Waals surface area contributed by atoms with E-state index in [4.69, 9.17) is 4.74 Å². The van der Waals surface area contributed by atoms with Gasteiger partial charge in [0.25, 0.3) is 5.56 Å². The van der Waals surface area contributed by atoms with Crippen LogP contribution >= 0.6 is 0 Å². The Morgan fingerprint density at radius 2 is 1.77 bits per heavy atom. The Hall–Kier alpha value is -2.43. The van der Waals surface area contributed by atoms with Crippen LogP contribution in [0.2, 0.25) is 0 Å². The van der Waals surface area contributed by atoms with Crippen LogP contribution in [-0.4, -0.2) is 22.5 Å². The lowest BCUT2D eigenvalue weighted by Crippen LogP contribution is -2.21. The molecule has 140 valence electrons. The summed E-state index contributed by atoms with van der Waals surface area (Å²) in [5.41, 5.74) is 1.49. The third-order valence-corrected chi connectivity index (χ3v) is 4.35. The molecule has 1 heterocycles. The van der Waals surface area contributed by atoms with E-state index < -0.39 is 0 Å². The molecule has 0 amide bonds. The maximum Gasteiger partial charge on any atom is 0.310 e. The Bertz CT molecular complexity index is 754. The number of esters is 1. The van der Waals surface area contributed by atoms with Crippen molar-refractivity contribution in [2.45, 2.75) is 58.8 Å². The molecule has 1 aromatic carbocycles. The zero-order valence-electron chi connectivity index (χ0n) is 15.7. The summed E-state index contributed by atoms with van der Waals surface area (Å²) in [7, 11) is 0. The third-order valence-electron chi connectivity index (χ3n) is 4.35. The lowest BCUT2D eigenvalue weighted by molar-refractivity contribution is -0.143. The molecule has 0 aliphatic heterocycles. The number of hydrogen-bond donors (Lipinski definition) is 1. The molecular weight excluding hydrogens is 328 g/mol. The normalized spacial score (nSPS) is 10.7. The topological polar surface area (TPSA) is 72.0 Å². The molecule has 2 rings (SSSR count). The highest BCUT2D eigenvalue weighted by Gasteiger charge is 2.14. The number of benzene rings is 1. The van der Waals surface area contributed by atoms with Crippen LogP contribution in [-0.2, 0) is 16.0 Å². The molecule has 0 aliphatic rings. The average Bonchev–Trinajstić information content (AvgIpc) is 2.64. The van der Waals surface area contributed by atoms with Gasteiger partial charge in [-0.15, -0.1) is 0 Å². The number of aryl methyl sites for hydroxylation is 1. The van der Waals surface area contributed by atoms with Crippen molar-refractivity contribution >= 4 is 5.97 Å². The molecule has 1 N–H and O–H groups in total. The minimum Gasteiger partial charge on any atom is -0.465 e. The quantitative estimate of drug-likeness (QED) is 0.512. The maximum absolute atomic E-state index is 12.3. The molecule has 0 bridgehead atoms. The summed E-state index contributed by atoms with van der Waals surface area (Å²) < 4.78 is 5.26. The molecule has 0 unspecified atom stereocenters. The minimum absolute atomic E-state index is 0.0426. The number of aromatic amines is 1. The van der Waals surface area contributed by atoms with Crippen LogP contribution in [0.25, 0.3) is 11.4 Å². The van der Waals surface area contributed by atoms with Gasteiger partial charge in [-0.1, -0.05) is 69.4 Å². The zero-order chi connectivity index (χ0) is 18.8. The van der Waals surface area contributed by atoms with E-state index in [-0.39, 0.29) is 17.9 Å². The summed E-state index contributed by atoms with van der Waals surface area (Å²) in [6.45, 7) is 4.35. The number of carbonyl (C=O) groups excluding carboxylic acids is 1. The first-order valence-electron chi connectivity index (χ1n) is 9.42. The van der Waals surface area contributed by atoms with Gasteiger partial charge in [-0.2, -0.15) is 0 Å². The zero-order valence-corrected chi connectivity index (χ0v) is 15.7. The highest BCUT2D eigenvalue weighted by atomic mass is 16.5. The fourth-order valence-electron chi connectivity index (χ4n) is 2.82. The van der Waals surface area contributed by atoms with Gasteiger partial charge >= 0.3 is 5.97 Å². The van der Waals surface area contributed by atoms with Gasteiger partial charge in [0, 0.05) is 16.8 Å². The first kappa shape index (κ1) is 19.9. The van der Waals surface area contributed by atoms with Crippen LogP contribution in [0, 0.1) is 6.92 Å². The summed E-state index contributed by atoms with van der Waals surface area (Å²) in [5.74, 6) is 0.138. The van der Waals surface area contributed by atoms with Gasteiger partial charge in [-0.3, -0.25) is 9.59 Å². The van der Waals surface area contributed by atoms with E-state index in [9.17, 15) is 9.59 Å². The Balaban J connectivity index is 1.87. The van der Waals surface area contributed by atoms with Gasteiger partial charge in [-0.25, -0.2) is 4.98 Å².